The number of carbonyl (C=O) groups is 1. The lowest BCUT2D eigenvalue weighted by Crippen LogP contribution is -2.36. The van der Waals surface area contributed by atoms with Gasteiger partial charge < -0.3 is 5.32 Å². The second kappa shape index (κ2) is 9.04. The van der Waals surface area contributed by atoms with E-state index in [0.717, 1.165) is 18.7 Å². The van der Waals surface area contributed by atoms with Gasteiger partial charge >= 0.3 is 0 Å². The number of nitrogens with zero attached hydrogens (tertiary/aromatic N) is 1. The van der Waals surface area contributed by atoms with Crippen LogP contribution in [-0.4, -0.2) is 30.4 Å². The van der Waals surface area contributed by atoms with Gasteiger partial charge in [-0.1, -0.05) is 35.3 Å². The smallest absolute Gasteiger partial charge is 0.220 e. The molecule has 0 bridgehead atoms. The van der Waals surface area contributed by atoms with Gasteiger partial charge in [0.15, 0.2) is 0 Å². The highest BCUT2D eigenvalue weighted by atomic mass is 35.5. The molecule has 1 aromatic heterocycles. The molecule has 0 spiro atoms. The molecular formula is C19H22Cl2N2OS. The molecule has 3 rings (SSSR count). The molecule has 0 saturated carbocycles. The molecular weight excluding hydrogens is 375 g/mol. The number of halogens is 2. The van der Waals surface area contributed by atoms with Crippen molar-refractivity contribution in [1.82, 2.24) is 10.2 Å². The van der Waals surface area contributed by atoms with E-state index in [2.05, 4.69) is 27.7 Å². The number of thiophene rings is 1. The number of aryl methyl sites for hydroxylation is 1. The summed E-state index contributed by atoms with van der Waals surface area (Å²) in [7, 11) is 0. The highest BCUT2D eigenvalue weighted by Gasteiger charge is 2.24. The SMILES string of the molecule is O=C(CCc1ccc(Cl)cc1Cl)NCC(c1cccs1)N1CCCC1. The van der Waals surface area contributed by atoms with Crippen molar-refractivity contribution >= 4 is 40.4 Å². The Labute approximate surface area is 162 Å². The summed E-state index contributed by atoms with van der Waals surface area (Å²) in [5.74, 6) is 0.0618. The predicted octanol–water partition coefficient (Wildman–Crippen LogP) is 4.94. The number of nitrogens with one attached hydrogen (secondary N) is 1. The van der Waals surface area contributed by atoms with Crippen LogP contribution < -0.4 is 5.32 Å². The molecule has 1 N–H and O–H groups in total. The van der Waals surface area contributed by atoms with Gasteiger partial charge in [0.05, 0.1) is 6.04 Å². The maximum absolute atomic E-state index is 12.3. The van der Waals surface area contributed by atoms with Crippen LogP contribution in [0.1, 0.15) is 35.7 Å². The van der Waals surface area contributed by atoms with Crippen molar-refractivity contribution < 1.29 is 4.79 Å². The average Bonchev–Trinajstić information content (AvgIpc) is 3.28. The van der Waals surface area contributed by atoms with Crippen LogP contribution in [0.3, 0.4) is 0 Å². The summed E-state index contributed by atoms with van der Waals surface area (Å²) in [6, 6.07) is 9.93. The zero-order chi connectivity index (χ0) is 17.6. The Balaban J connectivity index is 1.53. The molecule has 0 aliphatic carbocycles. The number of hydrogen-bond acceptors (Lipinski definition) is 3. The summed E-state index contributed by atoms with van der Waals surface area (Å²) >= 11 is 13.8. The number of hydrogen-bond donors (Lipinski definition) is 1. The van der Waals surface area contributed by atoms with E-state index in [1.54, 1.807) is 23.5 Å². The normalized spacial score (nSPS) is 16.1. The number of carbonyl (C=O) groups excluding carboxylic acids is 1. The van der Waals surface area contributed by atoms with Gasteiger partial charge in [-0.15, -0.1) is 11.3 Å². The minimum absolute atomic E-state index is 0.0618. The van der Waals surface area contributed by atoms with Crippen LogP contribution in [0.4, 0.5) is 0 Å². The van der Waals surface area contributed by atoms with Gasteiger partial charge in [-0.2, -0.15) is 0 Å². The fourth-order valence-electron chi connectivity index (χ4n) is 3.22. The van der Waals surface area contributed by atoms with Gasteiger partial charge in [0.25, 0.3) is 0 Å². The third-order valence-electron chi connectivity index (χ3n) is 4.58. The number of likely N-dealkylation sites (tertiary alicyclic amines) is 1. The summed E-state index contributed by atoms with van der Waals surface area (Å²) in [5, 5.41) is 6.44. The fourth-order valence-corrected chi connectivity index (χ4v) is 4.58. The molecule has 6 heteroatoms. The van der Waals surface area contributed by atoms with E-state index in [9.17, 15) is 4.79 Å². The van der Waals surface area contributed by atoms with Crippen LogP contribution >= 0.6 is 34.5 Å². The second-order valence-corrected chi connectivity index (χ2v) is 8.14. The number of rotatable bonds is 7. The monoisotopic (exact) mass is 396 g/mol. The molecule has 2 heterocycles. The van der Waals surface area contributed by atoms with Crippen molar-refractivity contribution in [3.63, 3.8) is 0 Å². The first kappa shape index (κ1) is 18.7. The summed E-state index contributed by atoms with van der Waals surface area (Å²) < 4.78 is 0. The number of benzene rings is 1. The molecule has 1 atom stereocenters. The van der Waals surface area contributed by atoms with Crippen molar-refractivity contribution in [2.24, 2.45) is 0 Å². The van der Waals surface area contributed by atoms with Gasteiger partial charge in [0.1, 0.15) is 0 Å². The fraction of sp³-hybridized carbons (Fsp3) is 0.421. The van der Waals surface area contributed by atoms with E-state index in [-0.39, 0.29) is 11.9 Å². The molecule has 134 valence electrons. The van der Waals surface area contributed by atoms with Gasteiger partial charge in [-0.25, -0.2) is 0 Å². The Kier molecular flexibility index (Phi) is 6.77. The van der Waals surface area contributed by atoms with Crippen LogP contribution in [-0.2, 0) is 11.2 Å². The van der Waals surface area contributed by atoms with Crippen LogP contribution in [0.2, 0.25) is 10.0 Å². The molecule has 1 fully saturated rings. The topological polar surface area (TPSA) is 32.3 Å². The van der Waals surface area contributed by atoms with E-state index in [0.29, 0.717) is 29.4 Å². The molecule has 2 aromatic rings. The Hall–Kier alpha value is -1.07. The van der Waals surface area contributed by atoms with Crippen molar-refractivity contribution in [1.29, 1.82) is 0 Å². The van der Waals surface area contributed by atoms with Crippen molar-refractivity contribution in [3.05, 3.63) is 56.2 Å². The van der Waals surface area contributed by atoms with Crippen LogP contribution in [0, 0.1) is 0 Å². The standard InChI is InChI=1S/C19H22Cl2N2OS/c20-15-7-5-14(16(21)12-15)6-8-19(24)22-13-17(18-4-3-11-25-18)23-9-1-2-10-23/h3-5,7,11-12,17H,1-2,6,8-10,13H2,(H,22,24). The van der Waals surface area contributed by atoms with Gasteiger partial charge in [0, 0.05) is 27.9 Å². The molecule has 1 aromatic carbocycles. The first-order valence-electron chi connectivity index (χ1n) is 8.61. The second-order valence-electron chi connectivity index (χ2n) is 6.31. The molecule has 1 aliphatic heterocycles. The molecule has 1 saturated heterocycles. The van der Waals surface area contributed by atoms with Crippen LogP contribution in [0.25, 0.3) is 0 Å². The van der Waals surface area contributed by atoms with Crippen molar-refractivity contribution in [3.8, 4) is 0 Å². The summed E-state index contributed by atoms with van der Waals surface area (Å²) in [6.45, 7) is 2.88. The Morgan fingerprint density at radius 2 is 2.04 bits per heavy atom. The molecule has 3 nitrogen and oxygen atoms in total. The summed E-state index contributed by atoms with van der Waals surface area (Å²) in [5.41, 5.74) is 0.954. The number of amides is 1. The average molecular weight is 397 g/mol. The lowest BCUT2D eigenvalue weighted by atomic mass is 10.1. The predicted molar refractivity (Wildman–Crippen MR) is 106 cm³/mol. The van der Waals surface area contributed by atoms with E-state index < -0.39 is 0 Å². The van der Waals surface area contributed by atoms with Crippen LogP contribution in [0.5, 0.6) is 0 Å². The van der Waals surface area contributed by atoms with Crippen molar-refractivity contribution in [2.45, 2.75) is 31.7 Å². The maximum Gasteiger partial charge on any atom is 0.220 e. The Morgan fingerprint density at radius 3 is 2.72 bits per heavy atom. The quantitative estimate of drug-likeness (QED) is 0.718. The first-order valence-corrected chi connectivity index (χ1v) is 10.2. The van der Waals surface area contributed by atoms with Crippen LogP contribution in [0.15, 0.2) is 35.7 Å². The Morgan fingerprint density at radius 1 is 1.24 bits per heavy atom. The minimum atomic E-state index is 0.0618. The molecule has 1 unspecified atom stereocenters. The molecule has 1 amide bonds. The third-order valence-corrected chi connectivity index (χ3v) is 6.14. The zero-order valence-electron chi connectivity index (χ0n) is 14.0. The highest BCUT2D eigenvalue weighted by molar-refractivity contribution is 7.10. The lowest BCUT2D eigenvalue weighted by Gasteiger charge is -2.27. The van der Waals surface area contributed by atoms with E-state index in [4.69, 9.17) is 23.2 Å². The minimum Gasteiger partial charge on any atom is -0.354 e. The van der Waals surface area contributed by atoms with Gasteiger partial charge in [-0.05, 0) is 61.5 Å². The maximum atomic E-state index is 12.3. The largest absolute Gasteiger partial charge is 0.354 e. The van der Waals surface area contributed by atoms with Gasteiger partial charge in [-0.3, -0.25) is 9.69 Å². The summed E-state index contributed by atoms with van der Waals surface area (Å²) in [6.07, 6.45) is 3.53. The van der Waals surface area contributed by atoms with Crippen molar-refractivity contribution in [2.75, 3.05) is 19.6 Å². The summed E-state index contributed by atoms with van der Waals surface area (Å²) in [4.78, 5) is 16.1. The van der Waals surface area contributed by atoms with Gasteiger partial charge in [0.2, 0.25) is 5.91 Å². The molecule has 25 heavy (non-hydrogen) atoms. The van der Waals surface area contributed by atoms with E-state index in [1.165, 1.54) is 17.7 Å². The van der Waals surface area contributed by atoms with E-state index >= 15 is 0 Å². The highest BCUT2D eigenvalue weighted by Crippen LogP contribution is 2.28. The molecule has 1 aliphatic rings. The first-order chi connectivity index (χ1) is 12.1. The Bertz CT molecular complexity index is 699. The van der Waals surface area contributed by atoms with E-state index in [1.807, 2.05) is 6.07 Å². The zero-order valence-corrected chi connectivity index (χ0v) is 16.3. The third kappa shape index (κ3) is 5.20. The lowest BCUT2D eigenvalue weighted by molar-refractivity contribution is -0.121. The molecule has 0 radical (unpaired) electrons.